The van der Waals surface area contributed by atoms with Gasteiger partial charge in [-0.1, -0.05) is 42.1 Å². The third kappa shape index (κ3) is 3.47. The topological polar surface area (TPSA) is 12.0 Å². The highest BCUT2D eigenvalue weighted by Gasteiger charge is 2.23. The summed E-state index contributed by atoms with van der Waals surface area (Å²) in [6, 6.07) is 6.99. The normalized spacial score (nSPS) is 24.6. The number of rotatable bonds is 3. The van der Waals surface area contributed by atoms with E-state index in [0.717, 1.165) is 14.9 Å². The number of hydrogen-bond acceptors (Lipinski definition) is 1. The van der Waals surface area contributed by atoms with E-state index in [9.17, 15) is 0 Å². The van der Waals surface area contributed by atoms with Crippen LogP contribution < -0.4 is 5.32 Å². The van der Waals surface area contributed by atoms with Crippen LogP contribution in [0.4, 0.5) is 5.69 Å². The highest BCUT2D eigenvalue weighted by atomic mass is 79.9. The lowest BCUT2D eigenvalue weighted by atomic mass is 9.83. The van der Waals surface area contributed by atoms with Crippen molar-refractivity contribution in [2.24, 2.45) is 5.92 Å². The molecule has 94 valence electrons. The highest BCUT2D eigenvalue weighted by Crippen LogP contribution is 2.32. The summed E-state index contributed by atoms with van der Waals surface area (Å²) in [5.74, 6) is 0.833. The van der Waals surface area contributed by atoms with Crippen molar-refractivity contribution >= 4 is 37.5 Å². The van der Waals surface area contributed by atoms with Gasteiger partial charge in [0.05, 0.1) is 0 Å². The van der Waals surface area contributed by atoms with E-state index in [4.69, 9.17) is 0 Å². The van der Waals surface area contributed by atoms with E-state index in [-0.39, 0.29) is 0 Å². The van der Waals surface area contributed by atoms with Crippen LogP contribution in [0.1, 0.15) is 39.0 Å². The molecule has 0 bridgehead atoms. The van der Waals surface area contributed by atoms with Crippen LogP contribution in [0.15, 0.2) is 27.1 Å². The van der Waals surface area contributed by atoms with Crippen molar-refractivity contribution in [3.05, 3.63) is 27.1 Å². The van der Waals surface area contributed by atoms with Gasteiger partial charge in [0.15, 0.2) is 0 Å². The van der Waals surface area contributed by atoms with Crippen LogP contribution in [0.2, 0.25) is 0 Å². The Bertz CT molecular complexity index is 378. The zero-order chi connectivity index (χ0) is 12.3. The molecule has 3 heteroatoms. The first-order valence-corrected chi connectivity index (χ1v) is 8.01. The Balaban J connectivity index is 2.08. The minimum Gasteiger partial charge on any atom is -0.381 e. The summed E-state index contributed by atoms with van der Waals surface area (Å²) < 4.78 is 2.26. The van der Waals surface area contributed by atoms with Crippen molar-refractivity contribution < 1.29 is 0 Å². The molecule has 0 aromatic heterocycles. The Morgan fingerprint density at radius 1 is 1.24 bits per heavy atom. The predicted molar refractivity (Wildman–Crippen MR) is 81.5 cm³/mol. The van der Waals surface area contributed by atoms with Crippen molar-refractivity contribution in [3.8, 4) is 0 Å². The van der Waals surface area contributed by atoms with Gasteiger partial charge in [-0.15, -0.1) is 0 Å². The first kappa shape index (κ1) is 13.4. The van der Waals surface area contributed by atoms with Gasteiger partial charge in [0.25, 0.3) is 0 Å². The Kier molecular flexibility index (Phi) is 4.92. The number of benzene rings is 1. The molecule has 0 aliphatic heterocycles. The molecule has 0 spiro atoms. The van der Waals surface area contributed by atoms with Crippen LogP contribution in [0.3, 0.4) is 0 Å². The fourth-order valence-corrected chi connectivity index (χ4v) is 3.85. The summed E-state index contributed by atoms with van der Waals surface area (Å²) in [6.07, 6.45) is 6.73. The fourth-order valence-electron chi connectivity index (χ4n) is 2.69. The molecule has 1 fully saturated rings. The molecule has 1 saturated carbocycles. The third-order valence-electron chi connectivity index (χ3n) is 3.71. The molecule has 0 radical (unpaired) electrons. The lowest BCUT2D eigenvalue weighted by Gasteiger charge is -2.32. The SMILES string of the molecule is CCC1CCCCC1Nc1ccc(Br)cc1Br. The van der Waals surface area contributed by atoms with Gasteiger partial charge in [-0.25, -0.2) is 0 Å². The summed E-state index contributed by atoms with van der Waals surface area (Å²) in [4.78, 5) is 0. The first-order valence-electron chi connectivity index (χ1n) is 6.42. The Labute approximate surface area is 121 Å². The standard InChI is InChI=1S/C14H19Br2N/c1-2-10-5-3-4-6-13(10)17-14-8-7-11(15)9-12(14)16/h7-10,13,17H,2-6H2,1H3. The van der Waals surface area contributed by atoms with Gasteiger partial charge in [0.2, 0.25) is 0 Å². The molecule has 2 unspecified atom stereocenters. The van der Waals surface area contributed by atoms with Gasteiger partial charge in [-0.2, -0.15) is 0 Å². The summed E-state index contributed by atoms with van der Waals surface area (Å²) >= 11 is 7.11. The molecule has 0 heterocycles. The van der Waals surface area contributed by atoms with Crippen LogP contribution in [0, 0.1) is 5.92 Å². The van der Waals surface area contributed by atoms with Crippen LogP contribution in [-0.4, -0.2) is 6.04 Å². The Morgan fingerprint density at radius 3 is 2.71 bits per heavy atom. The third-order valence-corrected chi connectivity index (χ3v) is 4.85. The first-order chi connectivity index (χ1) is 8.20. The second kappa shape index (κ2) is 6.24. The average molecular weight is 361 g/mol. The maximum Gasteiger partial charge on any atom is 0.0487 e. The molecule has 1 aromatic carbocycles. The molecule has 1 N–H and O–H groups in total. The van der Waals surface area contributed by atoms with Gasteiger partial charge < -0.3 is 5.32 Å². The highest BCUT2D eigenvalue weighted by molar-refractivity contribution is 9.11. The summed E-state index contributed by atoms with van der Waals surface area (Å²) in [6.45, 7) is 2.31. The number of hydrogen-bond donors (Lipinski definition) is 1. The summed E-state index contributed by atoms with van der Waals surface area (Å²) in [5, 5.41) is 3.71. The molecule has 17 heavy (non-hydrogen) atoms. The second-order valence-corrected chi connectivity index (χ2v) is 6.60. The zero-order valence-electron chi connectivity index (χ0n) is 10.2. The van der Waals surface area contributed by atoms with E-state index < -0.39 is 0 Å². The van der Waals surface area contributed by atoms with E-state index in [2.05, 4.69) is 62.3 Å². The minimum absolute atomic E-state index is 0.645. The lowest BCUT2D eigenvalue weighted by molar-refractivity contribution is 0.317. The van der Waals surface area contributed by atoms with E-state index in [1.54, 1.807) is 0 Å². The lowest BCUT2D eigenvalue weighted by Crippen LogP contribution is -2.31. The molecular formula is C14H19Br2N. The average Bonchev–Trinajstić information content (AvgIpc) is 2.33. The van der Waals surface area contributed by atoms with Gasteiger partial charge in [0, 0.05) is 20.7 Å². The van der Waals surface area contributed by atoms with Gasteiger partial charge >= 0.3 is 0 Å². The minimum atomic E-state index is 0.645. The molecule has 1 aromatic rings. The summed E-state index contributed by atoms with van der Waals surface area (Å²) in [7, 11) is 0. The maximum absolute atomic E-state index is 3.71. The van der Waals surface area contributed by atoms with E-state index in [1.165, 1.54) is 37.8 Å². The molecule has 1 nitrogen and oxygen atoms in total. The van der Waals surface area contributed by atoms with Crippen LogP contribution in [0.25, 0.3) is 0 Å². The molecule has 0 amide bonds. The number of nitrogens with one attached hydrogen (secondary N) is 1. The van der Waals surface area contributed by atoms with Crippen molar-refractivity contribution in [2.45, 2.75) is 45.1 Å². The van der Waals surface area contributed by atoms with E-state index in [1.807, 2.05) is 0 Å². The smallest absolute Gasteiger partial charge is 0.0487 e. The van der Waals surface area contributed by atoms with Crippen LogP contribution in [0.5, 0.6) is 0 Å². The maximum atomic E-state index is 3.71. The molecule has 0 saturated heterocycles. The van der Waals surface area contributed by atoms with Gasteiger partial charge in [0.1, 0.15) is 0 Å². The van der Waals surface area contributed by atoms with Crippen LogP contribution in [-0.2, 0) is 0 Å². The molecule has 2 atom stereocenters. The quantitative estimate of drug-likeness (QED) is 0.740. The largest absolute Gasteiger partial charge is 0.381 e. The molecule has 1 aliphatic rings. The molecular weight excluding hydrogens is 342 g/mol. The van der Waals surface area contributed by atoms with Crippen molar-refractivity contribution in [3.63, 3.8) is 0 Å². The fraction of sp³-hybridized carbons (Fsp3) is 0.571. The Hall–Kier alpha value is -0.0200. The monoisotopic (exact) mass is 359 g/mol. The van der Waals surface area contributed by atoms with Gasteiger partial charge in [-0.3, -0.25) is 0 Å². The molecule has 1 aliphatic carbocycles. The number of anilines is 1. The van der Waals surface area contributed by atoms with Crippen molar-refractivity contribution in [2.75, 3.05) is 5.32 Å². The second-order valence-electron chi connectivity index (χ2n) is 4.83. The zero-order valence-corrected chi connectivity index (χ0v) is 13.4. The van der Waals surface area contributed by atoms with Crippen LogP contribution >= 0.6 is 31.9 Å². The van der Waals surface area contributed by atoms with Gasteiger partial charge in [-0.05, 0) is 52.9 Å². The van der Waals surface area contributed by atoms with E-state index in [0.29, 0.717) is 6.04 Å². The van der Waals surface area contributed by atoms with E-state index >= 15 is 0 Å². The predicted octanol–water partition coefficient (Wildman–Crippen LogP) is 5.59. The number of halogens is 2. The molecule has 2 rings (SSSR count). The Morgan fingerprint density at radius 2 is 2.00 bits per heavy atom. The summed E-state index contributed by atoms with van der Waals surface area (Å²) in [5.41, 5.74) is 1.22. The van der Waals surface area contributed by atoms with Crippen molar-refractivity contribution in [1.82, 2.24) is 0 Å². The van der Waals surface area contributed by atoms with Crippen molar-refractivity contribution in [1.29, 1.82) is 0 Å².